The number of alkyl halides is 3. The van der Waals surface area contributed by atoms with E-state index in [4.69, 9.17) is 0 Å². The minimum atomic E-state index is -4.87. The number of rotatable bonds is 4. The van der Waals surface area contributed by atoms with E-state index in [1.807, 2.05) is 17.5 Å². The molecule has 0 saturated carbocycles. The Labute approximate surface area is 143 Å². The van der Waals surface area contributed by atoms with Gasteiger partial charge in [0.05, 0.1) is 18.3 Å². The number of anilines is 1. The predicted molar refractivity (Wildman–Crippen MR) is 85.0 cm³/mol. The van der Waals surface area contributed by atoms with Crippen LogP contribution in [-0.2, 0) is 12.7 Å². The normalized spacial score (nSPS) is 11.5. The summed E-state index contributed by atoms with van der Waals surface area (Å²) in [6.45, 7) is 0.414. The molecule has 9 heteroatoms. The first kappa shape index (κ1) is 17.2. The average Bonchev–Trinajstić information content (AvgIpc) is 3.19. The van der Waals surface area contributed by atoms with Crippen LogP contribution in [0.15, 0.2) is 48.0 Å². The summed E-state index contributed by atoms with van der Waals surface area (Å²) in [4.78, 5) is 13.2. The van der Waals surface area contributed by atoms with Crippen LogP contribution >= 0.6 is 11.3 Å². The number of carbonyl (C=O) groups is 1. The van der Waals surface area contributed by atoms with Gasteiger partial charge in [0.2, 0.25) is 0 Å². The number of halogens is 4. The number of thiophene rings is 1. The van der Waals surface area contributed by atoms with Crippen molar-refractivity contribution in [3.05, 3.63) is 69.8 Å². The molecule has 0 fully saturated rings. The number of benzene rings is 1. The number of nitrogens with zero attached hydrogens (tertiary/aromatic N) is 2. The molecule has 2 heterocycles. The smallest absolute Gasteiger partial charge is 0.307 e. The lowest BCUT2D eigenvalue weighted by Crippen LogP contribution is -2.17. The highest BCUT2D eigenvalue weighted by Crippen LogP contribution is 2.32. The number of aromatic nitrogens is 2. The largest absolute Gasteiger partial charge is 0.419 e. The van der Waals surface area contributed by atoms with Gasteiger partial charge in [-0.05, 0) is 29.6 Å². The quantitative estimate of drug-likeness (QED) is 0.693. The summed E-state index contributed by atoms with van der Waals surface area (Å²) in [5.74, 6) is -1.87. The minimum absolute atomic E-state index is 0.294. The van der Waals surface area contributed by atoms with Crippen molar-refractivity contribution in [2.24, 2.45) is 0 Å². The van der Waals surface area contributed by atoms with E-state index in [0.717, 1.165) is 10.9 Å². The second-order valence-corrected chi connectivity index (χ2v) is 6.13. The molecule has 3 rings (SSSR count). The maximum atomic E-state index is 13.3. The molecule has 1 N–H and O–H groups in total. The van der Waals surface area contributed by atoms with Crippen LogP contribution in [0.3, 0.4) is 0 Å². The monoisotopic (exact) mass is 369 g/mol. The number of hydrogen-bond acceptors (Lipinski definition) is 3. The highest BCUT2D eigenvalue weighted by atomic mass is 32.1. The lowest BCUT2D eigenvalue weighted by atomic mass is 10.1. The molecule has 1 amide bonds. The third kappa shape index (κ3) is 3.87. The summed E-state index contributed by atoms with van der Waals surface area (Å²) < 4.78 is 53.1. The number of amides is 1. The Morgan fingerprint density at radius 3 is 2.72 bits per heavy atom. The molecule has 130 valence electrons. The summed E-state index contributed by atoms with van der Waals surface area (Å²) in [5, 5.41) is 8.47. The molecule has 0 spiro atoms. The molecule has 0 atom stereocenters. The SMILES string of the molecule is O=C(Nc1ccnn1Cc1cccs1)c1ccc(F)c(C(F)(F)F)c1. The van der Waals surface area contributed by atoms with Crippen LogP contribution in [0.25, 0.3) is 0 Å². The van der Waals surface area contributed by atoms with E-state index in [1.54, 1.807) is 0 Å². The van der Waals surface area contributed by atoms with E-state index in [-0.39, 0.29) is 5.56 Å². The summed E-state index contributed by atoms with van der Waals surface area (Å²) in [7, 11) is 0. The maximum absolute atomic E-state index is 13.3. The summed E-state index contributed by atoms with van der Waals surface area (Å²) in [6, 6.07) is 7.41. The number of carbonyl (C=O) groups excluding carboxylic acids is 1. The molecule has 4 nitrogen and oxygen atoms in total. The first-order valence-electron chi connectivity index (χ1n) is 7.07. The molecule has 0 bridgehead atoms. The number of nitrogens with one attached hydrogen (secondary N) is 1. The molecule has 0 aliphatic rings. The molecule has 0 unspecified atom stereocenters. The Kier molecular flexibility index (Phi) is 4.58. The van der Waals surface area contributed by atoms with Crippen LogP contribution in [0.5, 0.6) is 0 Å². The Hall–Kier alpha value is -2.68. The second-order valence-electron chi connectivity index (χ2n) is 5.10. The molecule has 1 aromatic carbocycles. The molecular weight excluding hydrogens is 358 g/mol. The number of hydrogen-bond donors (Lipinski definition) is 1. The van der Waals surface area contributed by atoms with Crippen molar-refractivity contribution >= 4 is 23.1 Å². The van der Waals surface area contributed by atoms with Crippen LogP contribution in [0.4, 0.5) is 23.4 Å². The average molecular weight is 369 g/mol. The van der Waals surface area contributed by atoms with Gasteiger partial charge in [-0.1, -0.05) is 6.07 Å². The molecule has 0 radical (unpaired) electrons. The van der Waals surface area contributed by atoms with Crippen molar-refractivity contribution in [2.45, 2.75) is 12.7 Å². The molecule has 2 aromatic heterocycles. The zero-order valence-electron chi connectivity index (χ0n) is 12.5. The lowest BCUT2D eigenvalue weighted by Gasteiger charge is -2.11. The van der Waals surface area contributed by atoms with Crippen molar-refractivity contribution in [3.63, 3.8) is 0 Å². The highest BCUT2D eigenvalue weighted by Gasteiger charge is 2.34. The van der Waals surface area contributed by atoms with Crippen molar-refractivity contribution in [1.29, 1.82) is 0 Å². The van der Waals surface area contributed by atoms with Crippen molar-refractivity contribution in [1.82, 2.24) is 9.78 Å². The Morgan fingerprint density at radius 2 is 2.04 bits per heavy atom. The molecule has 0 saturated heterocycles. The van der Waals surface area contributed by atoms with Crippen LogP contribution in [-0.4, -0.2) is 15.7 Å². The van der Waals surface area contributed by atoms with E-state index >= 15 is 0 Å². The van der Waals surface area contributed by atoms with Crippen molar-refractivity contribution < 1.29 is 22.4 Å². The van der Waals surface area contributed by atoms with E-state index < -0.39 is 23.5 Å². The Morgan fingerprint density at radius 1 is 1.24 bits per heavy atom. The van der Waals surface area contributed by atoms with E-state index in [2.05, 4.69) is 10.4 Å². The first-order chi connectivity index (χ1) is 11.8. The zero-order valence-corrected chi connectivity index (χ0v) is 13.4. The van der Waals surface area contributed by atoms with Gasteiger partial charge in [-0.25, -0.2) is 9.07 Å². The summed E-state index contributed by atoms with van der Waals surface area (Å²) in [6.07, 6.45) is -3.41. The fraction of sp³-hybridized carbons (Fsp3) is 0.125. The van der Waals surface area contributed by atoms with Gasteiger partial charge in [0.1, 0.15) is 11.6 Å². The van der Waals surface area contributed by atoms with E-state index in [0.29, 0.717) is 24.5 Å². The van der Waals surface area contributed by atoms with Crippen LogP contribution in [0.1, 0.15) is 20.8 Å². The van der Waals surface area contributed by atoms with Gasteiger partial charge in [0, 0.05) is 16.5 Å². The van der Waals surface area contributed by atoms with E-state index in [1.165, 1.54) is 28.3 Å². The predicted octanol–water partition coefficient (Wildman–Crippen LogP) is 4.40. The van der Waals surface area contributed by atoms with Crippen LogP contribution in [0.2, 0.25) is 0 Å². The highest BCUT2D eigenvalue weighted by molar-refractivity contribution is 7.09. The first-order valence-corrected chi connectivity index (χ1v) is 7.95. The van der Waals surface area contributed by atoms with Gasteiger partial charge in [0.15, 0.2) is 0 Å². The third-order valence-corrected chi connectivity index (χ3v) is 4.24. The van der Waals surface area contributed by atoms with Crippen molar-refractivity contribution in [3.8, 4) is 0 Å². The van der Waals surface area contributed by atoms with Crippen LogP contribution < -0.4 is 5.32 Å². The standard InChI is InChI=1S/C16H11F4N3OS/c17-13-4-3-10(8-12(13)16(18,19)20)15(24)22-14-5-6-21-23(14)9-11-2-1-7-25-11/h1-8H,9H2,(H,22,24). The van der Waals surface area contributed by atoms with Gasteiger partial charge in [0.25, 0.3) is 5.91 Å². The van der Waals surface area contributed by atoms with Gasteiger partial charge < -0.3 is 5.32 Å². The maximum Gasteiger partial charge on any atom is 0.419 e. The molecule has 0 aliphatic heterocycles. The van der Waals surface area contributed by atoms with Gasteiger partial charge in [-0.3, -0.25) is 4.79 Å². The molecule has 3 aromatic rings. The minimum Gasteiger partial charge on any atom is -0.307 e. The fourth-order valence-corrected chi connectivity index (χ4v) is 2.87. The Balaban J connectivity index is 1.81. The fourth-order valence-electron chi connectivity index (χ4n) is 2.19. The van der Waals surface area contributed by atoms with Gasteiger partial charge >= 0.3 is 6.18 Å². The van der Waals surface area contributed by atoms with E-state index in [9.17, 15) is 22.4 Å². The van der Waals surface area contributed by atoms with Crippen molar-refractivity contribution in [2.75, 3.05) is 5.32 Å². The topological polar surface area (TPSA) is 46.9 Å². The molecule has 25 heavy (non-hydrogen) atoms. The van der Waals surface area contributed by atoms with Gasteiger partial charge in [-0.2, -0.15) is 18.3 Å². The third-order valence-electron chi connectivity index (χ3n) is 3.38. The van der Waals surface area contributed by atoms with Gasteiger partial charge in [-0.15, -0.1) is 11.3 Å². The molecule has 0 aliphatic carbocycles. The second kappa shape index (κ2) is 6.67. The van der Waals surface area contributed by atoms with Crippen LogP contribution in [0, 0.1) is 5.82 Å². The summed E-state index contributed by atoms with van der Waals surface area (Å²) in [5.41, 5.74) is -1.77. The summed E-state index contributed by atoms with van der Waals surface area (Å²) >= 11 is 1.51. The zero-order chi connectivity index (χ0) is 18.0. The Bertz CT molecular complexity index is 887. The molecular formula is C16H11F4N3OS. The lowest BCUT2D eigenvalue weighted by molar-refractivity contribution is -0.140.